The molecule has 7 nitrogen and oxygen atoms in total. The highest BCUT2D eigenvalue weighted by Gasteiger charge is 2.19. The summed E-state index contributed by atoms with van der Waals surface area (Å²) in [5, 5.41) is 5.51. The summed E-state index contributed by atoms with van der Waals surface area (Å²) in [7, 11) is 0. The quantitative estimate of drug-likeness (QED) is 0.798. The molecule has 1 aromatic rings. The van der Waals surface area contributed by atoms with E-state index in [1.54, 1.807) is 23.1 Å². The Labute approximate surface area is 115 Å². The second-order valence-corrected chi connectivity index (χ2v) is 4.58. The number of morpholine rings is 1. The summed E-state index contributed by atoms with van der Waals surface area (Å²) >= 11 is 0. The number of nitrogens with zero attached hydrogens (tertiary/aromatic N) is 1. The molecule has 2 N–H and O–H groups in total. The van der Waals surface area contributed by atoms with E-state index in [-0.39, 0.29) is 18.5 Å². The van der Waals surface area contributed by atoms with E-state index in [2.05, 4.69) is 10.6 Å². The lowest BCUT2D eigenvalue weighted by Gasteiger charge is -2.27. The molecule has 0 atom stereocenters. The molecule has 0 aliphatic carbocycles. The van der Waals surface area contributed by atoms with Crippen molar-refractivity contribution in [3.63, 3.8) is 0 Å². The fourth-order valence-electron chi connectivity index (χ4n) is 2.12. The van der Waals surface area contributed by atoms with Crippen molar-refractivity contribution in [3.05, 3.63) is 18.2 Å². The van der Waals surface area contributed by atoms with Gasteiger partial charge >= 0.3 is 6.03 Å². The van der Waals surface area contributed by atoms with Crippen LogP contribution in [0.2, 0.25) is 0 Å². The van der Waals surface area contributed by atoms with Gasteiger partial charge in [0.25, 0.3) is 5.91 Å². The molecule has 2 aliphatic heterocycles. The monoisotopic (exact) mass is 277 g/mol. The van der Waals surface area contributed by atoms with Crippen LogP contribution in [0, 0.1) is 0 Å². The van der Waals surface area contributed by atoms with Crippen LogP contribution in [0.5, 0.6) is 5.75 Å². The summed E-state index contributed by atoms with van der Waals surface area (Å²) in [6.07, 6.45) is 0. The molecule has 0 spiro atoms. The van der Waals surface area contributed by atoms with Crippen LogP contribution in [0.1, 0.15) is 0 Å². The maximum Gasteiger partial charge on any atom is 0.322 e. The van der Waals surface area contributed by atoms with Crippen LogP contribution >= 0.6 is 0 Å². The van der Waals surface area contributed by atoms with E-state index in [1.165, 1.54) is 0 Å². The molecule has 0 bridgehead atoms. The first-order valence-electron chi connectivity index (χ1n) is 6.43. The third-order valence-electron chi connectivity index (χ3n) is 3.16. The van der Waals surface area contributed by atoms with E-state index >= 15 is 0 Å². The summed E-state index contributed by atoms with van der Waals surface area (Å²) in [5.41, 5.74) is 1.25. The standard InChI is InChI=1S/C13H15N3O4/c17-12-8-20-11-7-9(1-2-10(11)15-12)14-13(18)16-3-5-19-6-4-16/h1-2,7H,3-6,8H2,(H,14,18)(H,15,17). The lowest BCUT2D eigenvalue weighted by atomic mass is 10.2. The third-order valence-corrected chi connectivity index (χ3v) is 3.16. The SMILES string of the molecule is O=C1COc2cc(NC(=O)N3CCOCC3)ccc2N1. The van der Waals surface area contributed by atoms with Crippen LogP contribution in [0.15, 0.2) is 18.2 Å². The maximum absolute atomic E-state index is 12.0. The fourth-order valence-corrected chi connectivity index (χ4v) is 2.12. The fraction of sp³-hybridized carbons (Fsp3) is 0.385. The highest BCUT2D eigenvalue weighted by atomic mass is 16.5. The van der Waals surface area contributed by atoms with Gasteiger partial charge in [-0.05, 0) is 12.1 Å². The predicted octanol–water partition coefficient (Wildman–Crippen LogP) is 0.882. The van der Waals surface area contributed by atoms with E-state index in [9.17, 15) is 9.59 Å². The van der Waals surface area contributed by atoms with Gasteiger partial charge in [0.15, 0.2) is 6.61 Å². The normalized spacial score (nSPS) is 17.8. The van der Waals surface area contributed by atoms with Gasteiger partial charge in [0.1, 0.15) is 5.75 Å². The molecular weight excluding hydrogens is 262 g/mol. The zero-order chi connectivity index (χ0) is 13.9. The largest absolute Gasteiger partial charge is 0.482 e. The lowest BCUT2D eigenvalue weighted by Crippen LogP contribution is -2.43. The molecule has 0 radical (unpaired) electrons. The van der Waals surface area contributed by atoms with Crippen molar-refractivity contribution in [2.45, 2.75) is 0 Å². The number of hydrogen-bond donors (Lipinski definition) is 2. The van der Waals surface area contributed by atoms with Gasteiger partial charge in [0.05, 0.1) is 18.9 Å². The van der Waals surface area contributed by atoms with Gasteiger partial charge in [0.2, 0.25) is 0 Å². The van der Waals surface area contributed by atoms with Crippen molar-refractivity contribution in [2.24, 2.45) is 0 Å². The van der Waals surface area contributed by atoms with Gasteiger partial charge in [-0.2, -0.15) is 0 Å². The van der Waals surface area contributed by atoms with Gasteiger partial charge in [-0.15, -0.1) is 0 Å². The summed E-state index contributed by atoms with van der Waals surface area (Å²) in [6.45, 7) is 2.29. The van der Waals surface area contributed by atoms with E-state index < -0.39 is 0 Å². The van der Waals surface area contributed by atoms with Crippen LogP contribution < -0.4 is 15.4 Å². The van der Waals surface area contributed by atoms with Crippen LogP contribution in [0.4, 0.5) is 16.2 Å². The minimum atomic E-state index is -0.178. The topological polar surface area (TPSA) is 79.9 Å². The van der Waals surface area contributed by atoms with Crippen LogP contribution in [-0.4, -0.2) is 49.7 Å². The van der Waals surface area contributed by atoms with Gasteiger partial charge < -0.3 is 25.0 Å². The summed E-state index contributed by atoms with van der Waals surface area (Å²) in [4.78, 5) is 24.9. The predicted molar refractivity (Wildman–Crippen MR) is 72.0 cm³/mol. The number of hydrogen-bond acceptors (Lipinski definition) is 4. The van der Waals surface area contributed by atoms with E-state index in [0.717, 1.165) is 0 Å². The number of fused-ring (bicyclic) bond motifs is 1. The Hall–Kier alpha value is -2.28. The molecule has 20 heavy (non-hydrogen) atoms. The van der Waals surface area contributed by atoms with Gasteiger partial charge in [-0.1, -0.05) is 0 Å². The van der Waals surface area contributed by atoms with Crippen LogP contribution in [0.3, 0.4) is 0 Å². The van der Waals surface area contributed by atoms with Gasteiger partial charge in [0, 0.05) is 24.8 Å². The van der Waals surface area contributed by atoms with Gasteiger partial charge in [-0.25, -0.2) is 4.79 Å². The molecular formula is C13H15N3O4. The zero-order valence-corrected chi connectivity index (χ0v) is 10.8. The molecule has 1 saturated heterocycles. The molecule has 0 saturated carbocycles. The Morgan fingerprint density at radius 2 is 2.10 bits per heavy atom. The molecule has 3 rings (SSSR count). The van der Waals surface area contributed by atoms with Crippen molar-refractivity contribution in [1.82, 2.24) is 4.90 Å². The number of benzene rings is 1. The lowest BCUT2D eigenvalue weighted by molar-refractivity contribution is -0.118. The highest BCUT2D eigenvalue weighted by molar-refractivity contribution is 5.96. The Kier molecular flexibility index (Phi) is 3.42. The number of carbonyl (C=O) groups excluding carboxylic acids is 2. The molecule has 2 heterocycles. The zero-order valence-electron chi connectivity index (χ0n) is 10.8. The van der Waals surface area contributed by atoms with Gasteiger partial charge in [-0.3, -0.25) is 4.79 Å². The van der Waals surface area contributed by atoms with E-state index in [0.29, 0.717) is 43.4 Å². The van der Waals surface area contributed by atoms with Crippen LogP contribution in [-0.2, 0) is 9.53 Å². The third kappa shape index (κ3) is 2.67. The van der Waals surface area contributed by atoms with E-state index in [1.807, 2.05) is 0 Å². The number of rotatable bonds is 1. The average molecular weight is 277 g/mol. The Morgan fingerprint density at radius 1 is 1.30 bits per heavy atom. The van der Waals surface area contributed by atoms with Crippen molar-refractivity contribution < 1.29 is 19.1 Å². The Bertz CT molecular complexity index is 540. The first kappa shape index (κ1) is 12.7. The highest BCUT2D eigenvalue weighted by Crippen LogP contribution is 2.30. The molecule has 0 aromatic heterocycles. The molecule has 3 amide bonds. The second kappa shape index (κ2) is 5.38. The average Bonchev–Trinajstić information content (AvgIpc) is 2.48. The van der Waals surface area contributed by atoms with Crippen molar-refractivity contribution in [2.75, 3.05) is 43.5 Å². The summed E-state index contributed by atoms with van der Waals surface area (Å²) < 4.78 is 10.5. The molecule has 2 aliphatic rings. The minimum Gasteiger partial charge on any atom is -0.482 e. The number of urea groups is 1. The van der Waals surface area contributed by atoms with E-state index in [4.69, 9.17) is 9.47 Å². The van der Waals surface area contributed by atoms with Crippen LogP contribution in [0.25, 0.3) is 0 Å². The summed E-state index contributed by atoms with van der Waals surface area (Å²) in [6, 6.07) is 4.98. The first-order valence-corrected chi connectivity index (χ1v) is 6.43. The molecule has 1 fully saturated rings. The number of anilines is 2. The smallest absolute Gasteiger partial charge is 0.322 e. The maximum atomic E-state index is 12.0. The number of nitrogens with one attached hydrogen (secondary N) is 2. The van der Waals surface area contributed by atoms with Crippen molar-refractivity contribution in [1.29, 1.82) is 0 Å². The Morgan fingerprint density at radius 3 is 2.90 bits per heavy atom. The molecule has 7 heteroatoms. The Balaban J connectivity index is 1.68. The van der Waals surface area contributed by atoms with Crippen molar-refractivity contribution >= 4 is 23.3 Å². The number of amides is 3. The summed E-state index contributed by atoms with van der Waals surface area (Å²) in [5.74, 6) is 0.381. The minimum absolute atomic E-state index is 0.00609. The molecule has 0 unspecified atom stereocenters. The molecule has 1 aromatic carbocycles. The second-order valence-electron chi connectivity index (χ2n) is 4.58. The van der Waals surface area contributed by atoms with Crippen molar-refractivity contribution in [3.8, 4) is 5.75 Å². The number of carbonyl (C=O) groups is 2. The number of ether oxygens (including phenoxy) is 2. The first-order chi connectivity index (χ1) is 9.72. The molecule has 106 valence electrons.